The van der Waals surface area contributed by atoms with Crippen LogP contribution in [0.1, 0.15) is 68.9 Å². The van der Waals surface area contributed by atoms with Gasteiger partial charge < -0.3 is 19.7 Å². The normalized spacial score (nSPS) is 22.2. The maximum atomic E-state index is 13.0. The molecular weight excluding hydrogens is 402 g/mol. The number of ether oxygens (including phenoxy) is 2. The van der Waals surface area contributed by atoms with Gasteiger partial charge in [0.05, 0.1) is 11.0 Å². The van der Waals surface area contributed by atoms with Crippen molar-refractivity contribution in [2.75, 3.05) is 27.3 Å². The van der Waals surface area contributed by atoms with Crippen molar-refractivity contribution in [1.82, 2.24) is 15.2 Å². The van der Waals surface area contributed by atoms with Gasteiger partial charge in [0.2, 0.25) is 5.91 Å². The van der Waals surface area contributed by atoms with Gasteiger partial charge in [-0.15, -0.1) is 11.3 Å². The number of nitrogens with one attached hydrogen (secondary N) is 1. The summed E-state index contributed by atoms with van der Waals surface area (Å²) in [6.07, 6.45) is 1.27. The molecule has 2 heterocycles. The highest BCUT2D eigenvalue weighted by atomic mass is 32.1. The molecule has 0 radical (unpaired) electrons. The van der Waals surface area contributed by atoms with Gasteiger partial charge in [-0.2, -0.15) is 0 Å². The molecule has 2 amide bonds. The number of likely N-dealkylation sites (tertiary alicyclic amines) is 1. The third-order valence-electron chi connectivity index (χ3n) is 7.41. The van der Waals surface area contributed by atoms with Gasteiger partial charge in [-0.05, 0) is 30.6 Å². The summed E-state index contributed by atoms with van der Waals surface area (Å²) in [7, 11) is 3.08. The summed E-state index contributed by atoms with van der Waals surface area (Å²) in [5.41, 5.74) is 0.563. The summed E-state index contributed by atoms with van der Waals surface area (Å²) in [6.45, 7) is 12.1. The predicted molar refractivity (Wildman–Crippen MR) is 116 cm³/mol. The number of carbonyl (C=O) groups excluding carboxylic acids is 2. The van der Waals surface area contributed by atoms with Gasteiger partial charge in [0.1, 0.15) is 5.69 Å². The van der Waals surface area contributed by atoms with E-state index in [-0.39, 0.29) is 28.7 Å². The number of nitrogens with zero attached hydrogens (tertiary/aromatic N) is 2. The van der Waals surface area contributed by atoms with Gasteiger partial charge >= 0.3 is 0 Å². The lowest BCUT2D eigenvalue weighted by Crippen LogP contribution is -2.43. The van der Waals surface area contributed by atoms with Gasteiger partial charge in [-0.3, -0.25) is 9.59 Å². The average Bonchev–Trinajstić information content (AvgIpc) is 3.04. The molecule has 30 heavy (non-hydrogen) atoms. The van der Waals surface area contributed by atoms with E-state index in [1.807, 2.05) is 11.8 Å². The summed E-state index contributed by atoms with van der Waals surface area (Å²) in [5.74, 6) is 0.475. The SMILES string of the molecule is COC(OC)C(C)NC(=O)c1csc(C2CCN(C(=O)C3C(C)(C)C3(C)C)CC2)n1. The van der Waals surface area contributed by atoms with Crippen LogP contribution in [0.25, 0.3) is 0 Å². The summed E-state index contributed by atoms with van der Waals surface area (Å²) in [6, 6.07) is -0.289. The summed E-state index contributed by atoms with van der Waals surface area (Å²) in [5, 5.41) is 5.65. The first kappa shape index (κ1) is 23.2. The molecule has 1 saturated carbocycles. The van der Waals surface area contributed by atoms with Crippen molar-refractivity contribution in [2.45, 2.75) is 65.7 Å². The van der Waals surface area contributed by atoms with Crippen molar-refractivity contribution in [3.05, 3.63) is 16.1 Å². The van der Waals surface area contributed by atoms with Crippen LogP contribution in [-0.2, 0) is 14.3 Å². The van der Waals surface area contributed by atoms with Gasteiger partial charge in [-0.25, -0.2) is 4.98 Å². The average molecular weight is 438 g/mol. The van der Waals surface area contributed by atoms with Crippen LogP contribution < -0.4 is 5.32 Å². The topological polar surface area (TPSA) is 80.8 Å². The summed E-state index contributed by atoms with van der Waals surface area (Å²) in [4.78, 5) is 32.1. The van der Waals surface area contributed by atoms with Crippen molar-refractivity contribution in [2.24, 2.45) is 16.7 Å². The van der Waals surface area contributed by atoms with E-state index in [2.05, 4.69) is 38.0 Å². The van der Waals surface area contributed by atoms with Crippen LogP contribution in [0.3, 0.4) is 0 Å². The minimum Gasteiger partial charge on any atom is -0.354 e. The molecule has 1 unspecified atom stereocenters. The van der Waals surface area contributed by atoms with Crippen LogP contribution in [-0.4, -0.2) is 61.3 Å². The van der Waals surface area contributed by atoms with E-state index in [1.165, 1.54) is 11.3 Å². The highest BCUT2D eigenvalue weighted by Gasteiger charge is 2.68. The second kappa shape index (κ2) is 8.55. The van der Waals surface area contributed by atoms with E-state index in [4.69, 9.17) is 9.47 Å². The van der Waals surface area contributed by atoms with Crippen molar-refractivity contribution < 1.29 is 19.1 Å². The predicted octanol–water partition coefficient (Wildman–Crippen LogP) is 3.27. The number of hydrogen-bond donors (Lipinski definition) is 1. The van der Waals surface area contributed by atoms with Crippen LogP contribution >= 0.6 is 11.3 Å². The molecule has 1 N–H and O–H groups in total. The zero-order valence-corrected chi connectivity index (χ0v) is 20.0. The number of hydrogen-bond acceptors (Lipinski definition) is 6. The lowest BCUT2D eigenvalue weighted by Gasteiger charge is -2.32. The highest BCUT2D eigenvalue weighted by Crippen LogP contribution is 2.68. The molecule has 0 bridgehead atoms. The summed E-state index contributed by atoms with van der Waals surface area (Å²) < 4.78 is 10.4. The molecule has 0 aromatic carbocycles. The molecule has 1 atom stereocenters. The molecule has 1 saturated heterocycles. The molecule has 2 aliphatic rings. The first-order chi connectivity index (χ1) is 14.0. The fraction of sp³-hybridized carbons (Fsp3) is 0.773. The maximum Gasteiger partial charge on any atom is 0.271 e. The van der Waals surface area contributed by atoms with Crippen molar-refractivity contribution in [1.29, 1.82) is 0 Å². The molecule has 7 nitrogen and oxygen atoms in total. The van der Waals surface area contributed by atoms with E-state index in [9.17, 15) is 9.59 Å². The molecule has 1 aliphatic carbocycles. The fourth-order valence-electron chi connectivity index (χ4n) is 4.78. The van der Waals surface area contributed by atoms with Gasteiger partial charge in [0, 0.05) is 44.5 Å². The Morgan fingerprint density at radius 1 is 1.17 bits per heavy atom. The Labute approximate surface area is 183 Å². The van der Waals surface area contributed by atoms with Crippen LogP contribution in [0.5, 0.6) is 0 Å². The second-order valence-electron chi connectivity index (χ2n) is 9.65. The number of rotatable bonds is 7. The van der Waals surface area contributed by atoms with E-state index in [0.717, 1.165) is 30.9 Å². The number of methoxy groups -OCH3 is 2. The van der Waals surface area contributed by atoms with Crippen molar-refractivity contribution in [3.8, 4) is 0 Å². The number of piperidine rings is 1. The molecule has 0 spiro atoms. The number of amides is 2. The molecule has 1 aliphatic heterocycles. The van der Waals surface area contributed by atoms with Gasteiger partial charge in [0.15, 0.2) is 6.29 Å². The molecule has 1 aromatic rings. The third-order valence-corrected chi connectivity index (χ3v) is 8.42. The molecule has 3 rings (SSSR count). The highest BCUT2D eigenvalue weighted by molar-refractivity contribution is 7.09. The van der Waals surface area contributed by atoms with Gasteiger partial charge in [-0.1, -0.05) is 27.7 Å². The monoisotopic (exact) mass is 437 g/mol. The summed E-state index contributed by atoms with van der Waals surface area (Å²) >= 11 is 1.52. The first-order valence-electron chi connectivity index (χ1n) is 10.6. The number of carbonyl (C=O) groups is 2. The van der Waals surface area contributed by atoms with E-state index in [1.54, 1.807) is 19.6 Å². The Morgan fingerprint density at radius 3 is 2.23 bits per heavy atom. The van der Waals surface area contributed by atoms with Crippen LogP contribution in [0.2, 0.25) is 0 Å². The lowest BCUT2D eigenvalue weighted by atomic mass is 9.96. The molecule has 2 fully saturated rings. The largest absolute Gasteiger partial charge is 0.354 e. The van der Waals surface area contributed by atoms with E-state index >= 15 is 0 Å². The molecule has 8 heteroatoms. The Bertz CT molecular complexity index is 765. The Morgan fingerprint density at radius 2 is 1.73 bits per heavy atom. The van der Waals surface area contributed by atoms with Crippen molar-refractivity contribution in [3.63, 3.8) is 0 Å². The Hall–Kier alpha value is -1.51. The Kier molecular flexibility index (Phi) is 6.60. The quantitative estimate of drug-likeness (QED) is 0.662. The smallest absolute Gasteiger partial charge is 0.271 e. The van der Waals surface area contributed by atoms with Crippen LogP contribution in [0.4, 0.5) is 0 Å². The number of aromatic nitrogens is 1. The molecule has 1 aromatic heterocycles. The third kappa shape index (κ3) is 4.14. The lowest BCUT2D eigenvalue weighted by molar-refractivity contribution is -0.134. The first-order valence-corrected chi connectivity index (χ1v) is 11.5. The zero-order valence-electron chi connectivity index (χ0n) is 19.2. The van der Waals surface area contributed by atoms with Crippen LogP contribution in [0.15, 0.2) is 5.38 Å². The number of thiazole rings is 1. The van der Waals surface area contributed by atoms with Gasteiger partial charge in [0.25, 0.3) is 5.91 Å². The fourth-order valence-corrected chi connectivity index (χ4v) is 5.75. The van der Waals surface area contributed by atoms with Crippen molar-refractivity contribution >= 4 is 23.2 Å². The standard InChI is InChI=1S/C22H35N3O4S/c1-13(20(28-6)29-7)23-17(26)15-12-30-18(24-15)14-8-10-25(11-9-14)19(27)16-21(2,3)22(16,4)5/h12-14,16,20H,8-11H2,1-7H3,(H,23,26). The van der Waals surface area contributed by atoms with Crippen LogP contribution in [0, 0.1) is 16.7 Å². The minimum absolute atomic E-state index is 0.0697. The van der Waals surface area contributed by atoms with E-state index < -0.39 is 6.29 Å². The zero-order chi connectivity index (χ0) is 22.3. The minimum atomic E-state index is -0.504. The Balaban J connectivity index is 1.54. The molecule has 168 valence electrons. The van der Waals surface area contributed by atoms with E-state index in [0.29, 0.717) is 17.5 Å². The molecular formula is C22H35N3O4S. The maximum absolute atomic E-state index is 13.0. The second-order valence-corrected chi connectivity index (χ2v) is 10.5.